The fraction of sp³-hybridized carbons (Fsp3) is 0.391. The van der Waals surface area contributed by atoms with Crippen molar-refractivity contribution in [3.05, 3.63) is 54.1 Å². The van der Waals surface area contributed by atoms with Gasteiger partial charge in [0.25, 0.3) is 0 Å². The lowest BCUT2D eigenvalue weighted by molar-refractivity contribution is -0.140. The van der Waals surface area contributed by atoms with Crippen LogP contribution < -0.4 is 19.1 Å². The van der Waals surface area contributed by atoms with Crippen LogP contribution in [-0.2, 0) is 26.2 Å². The average molecular weight is 476 g/mol. The Kier molecular flexibility index (Phi) is 7.80. The second kappa shape index (κ2) is 10.6. The standard InChI is InChI=1S/C23H29N3O6S/c1-4-19(23(28)24-5-2)25(14-17-9-7-6-8-10-17)22(27)15-26(33(3,29)30)18-11-12-20-21(13-18)32-16-31-20/h6-13,19H,4-5,14-16H2,1-3H3,(H,24,28)/t19-/m1/s1. The maximum Gasteiger partial charge on any atom is 0.244 e. The van der Waals surface area contributed by atoms with E-state index in [0.29, 0.717) is 24.5 Å². The van der Waals surface area contributed by atoms with Gasteiger partial charge in [-0.15, -0.1) is 0 Å². The smallest absolute Gasteiger partial charge is 0.244 e. The number of hydrogen-bond donors (Lipinski definition) is 1. The summed E-state index contributed by atoms with van der Waals surface area (Å²) in [4.78, 5) is 27.7. The van der Waals surface area contributed by atoms with Gasteiger partial charge in [-0.2, -0.15) is 0 Å². The van der Waals surface area contributed by atoms with E-state index in [9.17, 15) is 18.0 Å². The van der Waals surface area contributed by atoms with Crippen LogP contribution in [-0.4, -0.2) is 57.3 Å². The number of benzene rings is 2. The quantitative estimate of drug-likeness (QED) is 0.564. The molecule has 0 radical (unpaired) electrons. The Hall–Kier alpha value is -3.27. The average Bonchev–Trinajstić information content (AvgIpc) is 3.25. The number of amides is 2. The summed E-state index contributed by atoms with van der Waals surface area (Å²) in [5.41, 5.74) is 1.11. The second-order valence-electron chi connectivity index (χ2n) is 7.63. The van der Waals surface area contributed by atoms with E-state index in [4.69, 9.17) is 9.47 Å². The first-order valence-electron chi connectivity index (χ1n) is 10.7. The van der Waals surface area contributed by atoms with Crippen molar-refractivity contribution in [3.8, 4) is 11.5 Å². The molecular weight excluding hydrogens is 446 g/mol. The van der Waals surface area contributed by atoms with Crippen LogP contribution in [0.25, 0.3) is 0 Å². The van der Waals surface area contributed by atoms with Gasteiger partial charge in [0.05, 0.1) is 11.9 Å². The van der Waals surface area contributed by atoms with E-state index in [1.165, 1.54) is 11.0 Å². The molecule has 0 unspecified atom stereocenters. The second-order valence-corrected chi connectivity index (χ2v) is 9.54. The van der Waals surface area contributed by atoms with Crippen molar-refractivity contribution in [1.29, 1.82) is 0 Å². The highest BCUT2D eigenvalue weighted by Crippen LogP contribution is 2.36. The molecule has 0 spiro atoms. The third-order valence-electron chi connectivity index (χ3n) is 5.26. The summed E-state index contributed by atoms with van der Waals surface area (Å²) in [5, 5.41) is 2.77. The Bertz CT molecular complexity index is 1090. The Labute approximate surface area is 194 Å². The number of carbonyl (C=O) groups excluding carboxylic acids is 2. The predicted molar refractivity (Wildman–Crippen MR) is 125 cm³/mol. The van der Waals surface area contributed by atoms with Gasteiger partial charge in [0, 0.05) is 19.2 Å². The molecule has 1 heterocycles. The number of carbonyl (C=O) groups is 2. The maximum atomic E-state index is 13.5. The van der Waals surface area contributed by atoms with Crippen molar-refractivity contribution in [2.24, 2.45) is 0 Å². The first kappa shape index (κ1) is 24.4. The third kappa shape index (κ3) is 5.95. The molecule has 2 aromatic carbocycles. The molecule has 1 aliphatic heterocycles. The lowest BCUT2D eigenvalue weighted by Gasteiger charge is -2.32. The molecule has 10 heteroatoms. The summed E-state index contributed by atoms with van der Waals surface area (Å²) >= 11 is 0. The molecule has 0 aliphatic carbocycles. The highest BCUT2D eigenvalue weighted by atomic mass is 32.2. The summed E-state index contributed by atoms with van der Waals surface area (Å²) in [7, 11) is -3.81. The van der Waals surface area contributed by atoms with E-state index < -0.39 is 28.5 Å². The molecule has 178 valence electrons. The van der Waals surface area contributed by atoms with E-state index in [1.54, 1.807) is 19.1 Å². The van der Waals surface area contributed by atoms with Gasteiger partial charge in [-0.1, -0.05) is 37.3 Å². The van der Waals surface area contributed by atoms with E-state index in [0.717, 1.165) is 16.1 Å². The number of fused-ring (bicyclic) bond motifs is 1. The van der Waals surface area contributed by atoms with Gasteiger partial charge in [-0.25, -0.2) is 8.42 Å². The van der Waals surface area contributed by atoms with Crippen molar-refractivity contribution < 1.29 is 27.5 Å². The largest absolute Gasteiger partial charge is 0.454 e. The molecule has 3 rings (SSSR count). The Morgan fingerprint density at radius 1 is 1.06 bits per heavy atom. The number of hydrogen-bond acceptors (Lipinski definition) is 6. The molecule has 33 heavy (non-hydrogen) atoms. The van der Waals surface area contributed by atoms with Gasteiger partial charge in [0.2, 0.25) is 28.6 Å². The van der Waals surface area contributed by atoms with E-state index in [1.807, 2.05) is 37.3 Å². The molecule has 2 amide bonds. The predicted octanol–water partition coefficient (Wildman–Crippen LogP) is 2.12. The van der Waals surface area contributed by atoms with Gasteiger partial charge >= 0.3 is 0 Å². The summed E-state index contributed by atoms with van der Waals surface area (Å²) < 4.78 is 36.9. The molecule has 1 aliphatic rings. The van der Waals surface area contributed by atoms with Crippen LogP contribution in [0.2, 0.25) is 0 Å². The minimum atomic E-state index is -3.81. The van der Waals surface area contributed by atoms with Crippen LogP contribution in [0.5, 0.6) is 11.5 Å². The van der Waals surface area contributed by atoms with Gasteiger partial charge in [0.1, 0.15) is 12.6 Å². The van der Waals surface area contributed by atoms with Crippen molar-refractivity contribution >= 4 is 27.5 Å². The van der Waals surface area contributed by atoms with Crippen LogP contribution in [0.3, 0.4) is 0 Å². The van der Waals surface area contributed by atoms with Crippen LogP contribution in [0, 0.1) is 0 Å². The maximum absolute atomic E-state index is 13.5. The first-order valence-corrected chi connectivity index (χ1v) is 12.6. The molecule has 1 N–H and O–H groups in total. The number of sulfonamides is 1. The molecule has 2 aromatic rings. The van der Waals surface area contributed by atoms with Crippen LogP contribution in [0.4, 0.5) is 5.69 Å². The Morgan fingerprint density at radius 2 is 1.76 bits per heavy atom. The molecule has 0 saturated heterocycles. The van der Waals surface area contributed by atoms with Crippen LogP contribution >= 0.6 is 0 Å². The zero-order chi connectivity index (χ0) is 24.0. The van der Waals surface area contributed by atoms with Crippen molar-refractivity contribution in [2.45, 2.75) is 32.9 Å². The minimum Gasteiger partial charge on any atom is -0.454 e. The SMILES string of the molecule is CCNC(=O)[C@@H](CC)N(Cc1ccccc1)C(=O)CN(c1ccc2c(c1)OCO2)S(C)(=O)=O. The summed E-state index contributed by atoms with van der Waals surface area (Å²) in [6.45, 7) is 3.81. The summed E-state index contributed by atoms with van der Waals surface area (Å²) in [6.07, 6.45) is 1.42. The van der Waals surface area contributed by atoms with E-state index in [-0.39, 0.29) is 24.9 Å². The lowest BCUT2D eigenvalue weighted by Crippen LogP contribution is -2.52. The molecule has 0 aromatic heterocycles. The zero-order valence-corrected chi connectivity index (χ0v) is 19.8. The van der Waals surface area contributed by atoms with Crippen molar-refractivity contribution in [3.63, 3.8) is 0 Å². The number of ether oxygens (including phenoxy) is 2. The molecule has 1 atom stereocenters. The molecule has 0 saturated carbocycles. The highest BCUT2D eigenvalue weighted by Gasteiger charge is 2.32. The van der Waals surface area contributed by atoms with E-state index in [2.05, 4.69) is 5.32 Å². The van der Waals surface area contributed by atoms with Crippen molar-refractivity contribution in [1.82, 2.24) is 10.2 Å². The number of nitrogens with one attached hydrogen (secondary N) is 1. The highest BCUT2D eigenvalue weighted by molar-refractivity contribution is 7.92. The van der Waals surface area contributed by atoms with Crippen LogP contribution in [0.15, 0.2) is 48.5 Å². The summed E-state index contributed by atoms with van der Waals surface area (Å²) in [6, 6.07) is 13.2. The fourth-order valence-corrected chi connectivity index (χ4v) is 4.49. The zero-order valence-electron chi connectivity index (χ0n) is 19.0. The third-order valence-corrected chi connectivity index (χ3v) is 6.40. The summed E-state index contributed by atoms with van der Waals surface area (Å²) in [5.74, 6) is 0.147. The van der Waals surface area contributed by atoms with Crippen molar-refractivity contribution in [2.75, 3.05) is 30.4 Å². The normalized spacial score (nSPS) is 13.3. The topological polar surface area (TPSA) is 105 Å². The first-order chi connectivity index (χ1) is 15.7. The Morgan fingerprint density at radius 3 is 2.39 bits per heavy atom. The monoisotopic (exact) mass is 475 g/mol. The molecular formula is C23H29N3O6S. The molecule has 0 fully saturated rings. The number of nitrogens with zero attached hydrogens (tertiary/aromatic N) is 2. The Balaban J connectivity index is 1.93. The van der Waals surface area contributed by atoms with Gasteiger partial charge in [0.15, 0.2) is 11.5 Å². The number of anilines is 1. The minimum absolute atomic E-state index is 0.0478. The van der Waals surface area contributed by atoms with Gasteiger partial charge in [-0.3, -0.25) is 13.9 Å². The lowest BCUT2D eigenvalue weighted by atomic mass is 10.1. The molecule has 0 bridgehead atoms. The number of likely N-dealkylation sites (N-methyl/N-ethyl adjacent to an activating group) is 1. The number of rotatable bonds is 10. The van der Waals surface area contributed by atoms with Gasteiger partial charge < -0.3 is 19.7 Å². The molecule has 9 nitrogen and oxygen atoms in total. The fourth-order valence-electron chi connectivity index (χ4n) is 3.65. The van der Waals surface area contributed by atoms with E-state index >= 15 is 0 Å². The van der Waals surface area contributed by atoms with Crippen LogP contribution in [0.1, 0.15) is 25.8 Å². The van der Waals surface area contributed by atoms with Gasteiger partial charge in [-0.05, 0) is 31.0 Å².